The second-order valence-corrected chi connectivity index (χ2v) is 5.31. The van der Waals surface area contributed by atoms with E-state index in [1.807, 2.05) is 19.1 Å². The standard InChI is InChI=1S/C15H18FN3O/c1-10-18-14(20-19-10)8-9-17-15(11-2-3-11)12-4-6-13(16)7-5-12/h4-7,11,15,17H,2-3,8-9H2,1H3. The lowest BCUT2D eigenvalue weighted by molar-refractivity contribution is 0.366. The van der Waals surface area contributed by atoms with Crippen LogP contribution in [-0.2, 0) is 6.42 Å². The Morgan fingerprint density at radius 2 is 2.10 bits per heavy atom. The largest absolute Gasteiger partial charge is 0.339 e. The third-order valence-corrected chi connectivity index (χ3v) is 3.60. The second-order valence-electron chi connectivity index (χ2n) is 5.31. The van der Waals surface area contributed by atoms with Gasteiger partial charge in [-0.1, -0.05) is 17.3 Å². The molecule has 0 amide bonds. The second kappa shape index (κ2) is 5.71. The molecule has 1 aromatic carbocycles. The molecule has 0 saturated heterocycles. The van der Waals surface area contributed by atoms with Crippen molar-refractivity contribution in [3.8, 4) is 0 Å². The summed E-state index contributed by atoms with van der Waals surface area (Å²) in [6.07, 6.45) is 3.18. The van der Waals surface area contributed by atoms with Crippen LogP contribution in [0.5, 0.6) is 0 Å². The van der Waals surface area contributed by atoms with Crippen molar-refractivity contribution >= 4 is 0 Å². The van der Waals surface area contributed by atoms with Gasteiger partial charge in [-0.25, -0.2) is 4.39 Å². The number of benzene rings is 1. The molecule has 20 heavy (non-hydrogen) atoms. The van der Waals surface area contributed by atoms with Gasteiger partial charge in [0.05, 0.1) is 0 Å². The molecular formula is C15H18FN3O. The Morgan fingerprint density at radius 1 is 1.35 bits per heavy atom. The van der Waals surface area contributed by atoms with Crippen LogP contribution in [-0.4, -0.2) is 16.7 Å². The number of hydrogen-bond donors (Lipinski definition) is 1. The van der Waals surface area contributed by atoms with Crippen LogP contribution in [0.4, 0.5) is 4.39 Å². The average molecular weight is 275 g/mol. The molecule has 1 atom stereocenters. The molecule has 3 rings (SSSR count). The van der Waals surface area contributed by atoms with Crippen molar-refractivity contribution in [1.29, 1.82) is 0 Å². The molecule has 1 N–H and O–H groups in total. The summed E-state index contributed by atoms with van der Waals surface area (Å²) in [5, 5.41) is 7.30. The number of nitrogens with zero attached hydrogens (tertiary/aromatic N) is 2. The Labute approximate surface area is 117 Å². The van der Waals surface area contributed by atoms with E-state index in [4.69, 9.17) is 4.52 Å². The molecule has 1 unspecified atom stereocenters. The monoisotopic (exact) mass is 275 g/mol. The molecule has 1 fully saturated rings. The average Bonchev–Trinajstić information content (AvgIpc) is 3.19. The molecular weight excluding hydrogens is 257 g/mol. The summed E-state index contributed by atoms with van der Waals surface area (Å²) in [4.78, 5) is 4.18. The first-order chi connectivity index (χ1) is 9.72. The van der Waals surface area contributed by atoms with E-state index in [2.05, 4.69) is 15.5 Å². The normalized spacial score (nSPS) is 16.3. The van der Waals surface area contributed by atoms with Crippen molar-refractivity contribution in [3.05, 3.63) is 47.4 Å². The molecule has 1 aromatic heterocycles. The molecule has 0 aliphatic heterocycles. The van der Waals surface area contributed by atoms with Crippen LogP contribution in [0.3, 0.4) is 0 Å². The predicted molar refractivity (Wildman–Crippen MR) is 72.6 cm³/mol. The van der Waals surface area contributed by atoms with Gasteiger partial charge in [0.25, 0.3) is 0 Å². The van der Waals surface area contributed by atoms with Gasteiger partial charge < -0.3 is 9.84 Å². The van der Waals surface area contributed by atoms with Crippen LogP contribution in [0.15, 0.2) is 28.8 Å². The Bertz CT molecular complexity index is 563. The maximum Gasteiger partial charge on any atom is 0.227 e. The van der Waals surface area contributed by atoms with Crippen molar-refractivity contribution in [2.24, 2.45) is 5.92 Å². The fourth-order valence-corrected chi connectivity index (χ4v) is 2.43. The van der Waals surface area contributed by atoms with Gasteiger partial charge in [0.1, 0.15) is 5.82 Å². The van der Waals surface area contributed by atoms with Crippen molar-refractivity contribution in [2.45, 2.75) is 32.2 Å². The molecule has 106 valence electrons. The van der Waals surface area contributed by atoms with Crippen LogP contribution in [0.2, 0.25) is 0 Å². The van der Waals surface area contributed by atoms with E-state index in [1.54, 1.807) is 0 Å². The van der Waals surface area contributed by atoms with Crippen LogP contribution in [0.25, 0.3) is 0 Å². The first-order valence-corrected chi connectivity index (χ1v) is 7.00. The Morgan fingerprint density at radius 3 is 2.70 bits per heavy atom. The van der Waals surface area contributed by atoms with Crippen molar-refractivity contribution in [2.75, 3.05) is 6.54 Å². The van der Waals surface area contributed by atoms with E-state index in [9.17, 15) is 4.39 Å². The van der Waals surface area contributed by atoms with Crippen LogP contribution in [0, 0.1) is 18.7 Å². The molecule has 1 aliphatic rings. The Balaban J connectivity index is 1.59. The van der Waals surface area contributed by atoms with Gasteiger partial charge in [0.2, 0.25) is 5.89 Å². The first-order valence-electron chi connectivity index (χ1n) is 7.00. The number of halogens is 1. The van der Waals surface area contributed by atoms with Gasteiger partial charge in [0.15, 0.2) is 5.82 Å². The highest BCUT2D eigenvalue weighted by Crippen LogP contribution is 2.40. The van der Waals surface area contributed by atoms with Crippen molar-refractivity contribution in [3.63, 3.8) is 0 Å². The van der Waals surface area contributed by atoms with Crippen LogP contribution < -0.4 is 5.32 Å². The topological polar surface area (TPSA) is 51.0 Å². The molecule has 1 heterocycles. The minimum absolute atomic E-state index is 0.190. The van der Waals surface area contributed by atoms with E-state index in [1.165, 1.54) is 25.0 Å². The highest BCUT2D eigenvalue weighted by molar-refractivity contribution is 5.22. The van der Waals surface area contributed by atoms with Gasteiger partial charge in [-0.3, -0.25) is 0 Å². The van der Waals surface area contributed by atoms with E-state index >= 15 is 0 Å². The third-order valence-electron chi connectivity index (χ3n) is 3.60. The predicted octanol–water partition coefficient (Wildman–Crippen LogP) is 2.80. The van der Waals surface area contributed by atoms with Gasteiger partial charge in [-0.2, -0.15) is 4.98 Å². The lowest BCUT2D eigenvalue weighted by Gasteiger charge is -2.18. The molecule has 4 nitrogen and oxygen atoms in total. The zero-order valence-corrected chi connectivity index (χ0v) is 11.5. The van der Waals surface area contributed by atoms with Gasteiger partial charge in [0, 0.05) is 19.0 Å². The molecule has 1 saturated carbocycles. The number of aromatic nitrogens is 2. The third kappa shape index (κ3) is 3.22. The number of rotatable bonds is 6. The number of hydrogen-bond acceptors (Lipinski definition) is 4. The number of aryl methyl sites for hydroxylation is 1. The van der Waals surface area contributed by atoms with E-state index < -0.39 is 0 Å². The fraction of sp³-hybridized carbons (Fsp3) is 0.467. The molecule has 0 radical (unpaired) electrons. The molecule has 2 aromatic rings. The lowest BCUT2D eigenvalue weighted by atomic mass is 10.0. The minimum atomic E-state index is -0.190. The van der Waals surface area contributed by atoms with Gasteiger partial charge in [-0.05, 0) is 43.4 Å². The minimum Gasteiger partial charge on any atom is -0.339 e. The molecule has 1 aliphatic carbocycles. The summed E-state index contributed by atoms with van der Waals surface area (Å²) >= 11 is 0. The van der Waals surface area contributed by atoms with Crippen LogP contribution in [0.1, 0.15) is 36.2 Å². The SMILES string of the molecule is Cc1noc(CCNC(c2ccc(F)cc2)C2CC2)n1. The van der Waals surface area contributed by atoms with Crippen molar-refractivity contribution < 1.29 is 8.91 Å². The number of nitrogens with one attached hydrogen (secondary N) is 1. The summed E-state index contributed by atoms with van der Waals surface area (Å²) in [6, 6.07) is 7.06. The summed E-state index contributed by atoms with van der Waals surface area (Å²) in [5.41, 5.74) is 1.15. The highest BCUT2D eigenvalue weighted by atomic mass is 19.1. The zero-order chi connectivity index (χ0) is 13.9. The Hall–Kier alpha value is -1.75. The fourth-order valence-electron chi connectivity index (χ4n) is 2.43. The van der Waals surface area contributed by atoms with Crippen molar-refractivity contribution in [1.82, 2.24) is 15.5 Å². The van der Waals surface area contributed by atoms with Gasteiger partial charge in [-0.15, -0.1) is 0 Å². The summed E-state index contributed by atoms with van der Waals surface area (Å²) in [6.45, 7) is 2.59. The Kier molecular flexibility index (Phi) is 3.78. The highest BCUT2D eigenvalue weighted by Gasteiger charge is 2.31. The van der Waals surface area contributed by atoms with E-state index in [0.29, 0.717) is 30.1 Å². The smallest absolute Gasteiger partial charge is 0.227 e. The molecule has 0 spiro atoms. The summed E-state index contributed by atoms with van der Waals surface area (Å²) < 4.78 is 18.1. The summed E-state index contributed by atoms with van der Waals surface area (Å²) in [7, 11) is 0. The molecule has 5 heteroatoms. The van der Waals surface area contributed by atoms with Crippen LogP contribution >= 0.6 is 0 Å². The maximum absolute atomic E-state index is 13.0. The summed E-state index contributed by atoms with van der Waals surface area (Å²) in [5.74, 6) is 1.79. The van der Waals surface area contributed by atoms with E-state index in [0.717, 1.165) is 12.1 Å². The van der Waals surface area contributed by atoms with E-state index in [-0.39, 0.29) is 5.82 Å². The zero-order valence-electron chi connectivity index (χ0n) is 11.5. The lowest BCUT2D eigenvalue weighted by Crippen LogP contribution is -2.25. The first kappa shape index (κ1) is 13.2. The maximum atomic E-state index is 13.0. The van der Waals surface area contributed by atoms with Gasteiger partial charge >= 0.3 is 0 Å². The quantitative estimate of drug-likeness (QED) is 0.880. The molecule has 0 bridgehead atoms.